The van der Waals surface area contributed by atoms with Crippen molar-refractivity contribution in [3.8, 4) is 5.69 Å². The minimum absolute atomic E-state index is 0.263. The molecule has 0 bridgehead atoms. The standard InChI is InChI=1S/C18H17NO2/c1-13-5-4-7-15(18-20-11-12-21-18)17(13)19-10-9-14-6-2-3-8-16(14)19/h2-10,18H,11-12H2,1H3. The fraction of sp³-hybridized carbons (Fsp3) is 0.222. The second kappa shape index (κ2) is 5.02. The molecule has 0 N–H and O–H groups in total. The van der Waals surface area contributed by atoms with Crippen molar-refractivity contribution in [2.45, 2.75) is 13.2 Å². The third kappa shape index (κ3) is 2.06. The van der Waals surface area contributed by atoms with Gasteiger partial charge < -0.3 is 14.0 Å². The number of para-hydroxylation sites is 2. The Morgan fingerprint density at radius 2 is 1.76 bits per heavy atom. The van der Waals surface area contributed by atoms with Crippen molar-refractivity contribution in [2.75, 3.05) is 13.2 Å². The van der Waals surface area contributed by atoms with Crippen LogP contribution in [0.25, 0.3) is 16.6 Å². The zero-order valence-corrected chi connectivity index (χ0v) is 12.0. The van der Waals surface area contributed by atoms with E-state index in [0.717, 1.165) is 11.3 Å². The highest BCUT2D eigenvalue weighted by molar-refractivity contribution is 5.82. The maximum absolute atomic E-state index is 5.71. The Hall–Kier alpha value is -2.10. The molecule has 1 saturated heterocycles. The molecule has 3 nitrogen and oxygen atoms in total. The molecule has 0 aliphatic carbocycles. The van der Waals surface area contributed by atoms with Crippen LogP contribution in [-0.2, 0) is 9.47 Å². The van der Waals surface area contributed by atoms with E-state index in [0.29, 0.717) is 13.2 Å². The summed E-state index contributed by atoms with van der Waals surface area (Å²) in [6.07, 6.45) is 1.85. The van der Waals surface area contributed by atoms with Gasteiger partial charge in [0.2, 0.25) is 0 Å². The van der Waals surface area contributed by atoms with E-state index in [2.05, 4.69) is 66.2 Å². The lowest BCUT2D eigenvalue weighted by Crippen LogP contribution is -2.06. The van der Waals surface area contributed by atoms with Crippen LogP contribution in [0.3, 0.4) is 0 Å². The summed E-state index contributed by atoms with van der Waals surface area (Å²) in [6, 6.07) is 16.8. The molecule has 3 aromatic rings. The summed E-state index contributed by atoms with van der Waals surface area (Å²) >= 11 is 0. The second-order valence-electron chi connectivity index (χ2n) is 5.33. The first-order valence-corrected chi connectivity index (χ1v) is 7.24. The van der Waals surface area contributed by atoms with E-state index in [-0.39, 0.29) is 6.29 Å². The largest absolute Gasteiger partial charge is 0.346 e. The fourth-order valence-electron chi connectivity index (χ4n) is 3.02. The van der Waals surface area contributed by atoms with Gasteiger partial charge in [-0.1, -0.05) is 36.4 Å². The molecule has 106 valence electrons. The molecule has 4 rings (SSSR count). The number of aryl methyl sites for hydroxylation is 1. The lowest BCUT2D eigenvalue weighted by Gasteiger charge is -2.18. The summed E-state index contributed by atoms with van der Waals surface area (Å²) in [4.78, 5) is 0. The smallest absolute Gasteiger partial charge is 0.186 e. The number of hydrogen-bond acceptors (Lipinski definition) is 2. The Kier molecular flexibility index (Phi) is 3.02. The molecule has 0 radical (unpaired) electrons. The molecular weight excluding hydrogens is 262 g/mol. The van der Waals surface area contributed by atoms with E-state index >= 15 is 0 Å². The van der Waals surface area contributed by atoms with Gasteiger partial charge in [0, 0.05) is 11.8 Å². The van der Waals surface area contributed by atoms with Crippen LogP contribution in [0, 0.1) is 6.92 Å². The highest BCUT2D eigenvalue weighted by Crippen LogP contribution is 2.32. The SMILES string of the molecule is Cc1cccc(C2OCCO2)c1-n1ccc2ccccc21. The summed E-state index contributed by atoms with van der Waals surface area (Å²) in [6.45, 7) is 3.44. The Bertz CT molecular complexity index is 785. The Labute approximate surface area is 123 Å². The van der Waals surface area contributed by atoms with E-state index in [1.165, 1.54) is 16.5 Å². The van der Waals surface area contributed by atoms with Gasteiger partial charge in [-0.05, 0) is 30.0 Å². The van der Waals surface area contributed by atoms with Crippen molar-refractivity contribution >= 4 is 10.9 Å². The van der Waals surface area contributed by atoms with E-state index in [4.69, 9.17) is 9.47 Å². The van der Waals surface area contributed by atoms with Crippen LogP contribution < -0.4 is 0 Å². The topological polar surface area (TPSA) is 23.4 Å². The van der Waals surface area contributed by atoms with Crippen LogP contribution in [-0.4, -0.2) is 17.8 Å². The number of rotatable bonds is 2. The van der Waals surface area contributed by atoms with Crippen LogP contribution >= 0.6 is 0 Å². The van der Waals surface area contributed by atoms with Crippen LogP contribution in [0.15, 0.2) is 54.7 Å². The van der Waals surface area contributed by atoms with Gasteiger partial charge in [-0.2, -0.15) is 0 Å². The van der Waals surface area contributed by atoms with Gasteiger partial charge in [-0.15, -0.1) is 0 Å². The quantitative estimate of drug-likeness (QED) is 0.708. The van der Waals surface area contributed by atoms with E-state index in [9.17, 15) is 0 Å². The first-order valence-electron chi connectivity index (χ1n) is 7.24. The number of fused-ring (bicyclic) bond motifs is 1. The molecule has 2 heterocycles. The molecule has 2 aromatic carbocycles. The molecule has 21 heavy (non-hydrogen) atoms. The molecule has 3 heteroatoms. The lowest BCUT2D eigenvalue weighted by molar-refractivity contribution is -0.0441. The number of ether oxygens (including phenoxy) is 2. The van der Waals surface area contributed by atoms with E-state index < -0.39 is 0 Å². The summed E-state index contributed by atoms with van der Waals surface area (Å²) in [5.74, 6) is 0. The maximum Gasteiger partial charge on any atom is 0.186 e. The molecule has 0 unspecified atom stereocenters. The molecule has 0 atom stereocenters. The van der Waals surface area contributed by atoms with Gasteiger partial charge in [0.1, 0.15) is 0 Å². The van der Waals surface area contributed by atoms with Crippen molar-refractivity contribution in [3.05, 3.63) is 65.9 Å². The van der Waals surface area contributed by atoms with Crippen LogP contribution in [0.5, 0.6) is 0 Å². The molecule has 1 aliphatic rings. The first-order chi connectivity index (χ1) is 10.3. The van der Waals surface area contributed by atoms with E-state index in [1.807, 2.05) is 0 Å². The summed E-state index contributed by atoms with van der Waals surface area (Å²) in [7, 11) is 0. The summed E-state index contributed by atoms with van der Waals surface area (Å²) < 4.78 is 13.6. The Morgan fingerprint density at radius 3 is 2.62 bits per heavy atom. The van der Waals surface area contributed by atoms with Gasteiger partial charge in [-0.3, -0.25) is 0 Å². The molecule has 0 saturated carbocycles. The predicted octanol–water partition coefficient (Wildman–Crippen LogP) is 3.98. The average Bonchev–Trinajstić information content (AvgIpc) is 3.16. The third-order valence-electron chi connectivity index (χ3n) is 3.99. The van der Waals surface area contributed by atoms with Crippen LogP contribution in [0.4, 0.5) is 0 Å². The maximum atomic E-state index is 5.71. The fourth-order valence-corrected chi connectivity index (χ4v) is 3.02. The van der Waals surface area contributed by atoms with Crippen molar-refractivity contribution in [1.82, 2.24) is 4.57 Å². The van der Waals surface area contributed by atoms with Gasteiger partial charge in [-0.25, -0.2) is 0 Å². The lowest BCUT2D eigenvalue weighted by atomic mass is 10.1. The molecule has 0 amide bonds. The van der Waals surface area contributed by atoms with Crippen LogP contribution in [0.2, 0.25) is 0 Å². The minimum Gasteiger partial charge on any atom is -0.346 e. The van der Waals surface area contributed by atoms with Gasteiger partial charge >= 0.3 is 0 Å². The Morgan fingerprint density at radius 1 is 0.952 bits per heavy atom. The van der Waals surface area contributed by atoms with Crippen molar-refractivity contribution in [3.63, 3.8) is 0 Å². The summed E-state index contributed by atoms with van der Waals surface area (Å²) in [5.41, 5.74) is 4.67. The average molecular weight is 279 g/mol. The summed E-state index contributed by atoms with van der Waals surface area (Å²) in [5, 5.41) is 1.24. The van der Waals surface area contributed by atoms with Crippen molar-refractivity contribution < 1.29 is 9.47 Å². The van der Waals surface area contributed by atoms with Crippen molar-refractivity contribution in [1.29, 1.82) is 0 Å². The number of hydrogen-bond donors (Lipinski definition) is 0. The van der Waals surface area contributed by atoms with Gasteiger partial charge in [0.15, 0.2) is 6.29 Å². The molecule has 1 aliphatic heterocycles. The zero-order chi connectivity index (χ0) is 14.2. The molecule has 0 spiro atoms. The number of nitrogens with zero attached hydrogens (tertiary/aromatic N) is 1. The predicted molar refractivity (Wildman–Crippen MR) is 82.7 cm³/mol. The Balaban J connectivity index is 1.95. The van der Waals surface area contributed by atoms with Gasteiger partial charge in [0.25, 0.3) is 0 Å². The number of aromatic nitrogens is 1. The van der Waals surface area contributed by atoms with Crippen LogP contribution in [0.1, 0.15) is 17.4 Å². The monoisotopic (exact) mass is 279 g/mol. The molecule has 1 fully saturated rings. The molecular formula is C18H17NO2. The normalized spacial score (nSPS) is 15.9. The van der Waals surface area contributed by atoms with Crippen molar-refractivity contribution in [2.24, 2.45) is 0 Å². The molecule has 1 aromatic heterocycles. The second-order valence-corrected chi connectivity index (χ2v) is 5.33. The van der Waals surface area contributed by atoms with Gasteiger partial charge in [0.05, 0.1) is 24.4 Å². The van der Waals surface area contributed by atoms with E-state index in [1.54, 1.807) is 0 Å². The number of benzene rings is 2. The minimum atomic E-state index is -0.263. The highest BCUT2D eigenvalue weighted by atomic mass is 16.7. The zero-order valence-electron chi connectivity index (χ0n) is 12.0. The first kappa shape index (κ1) is 12.6. The third-order valence-corrected chi connectivity index (χ3v) is 3.99. The highest BCUT2D eigenvalue weighted by Gasteiger charge is 2.23.